The molecule has 0 fully saturated rings. The molecule has 1 rings (SSSR count). The number of rotatable bonds is 6. The van der Waals surface area contributed by atoms with Crippen LogP contribution in [0.1, 0.15) is 6.92 Å². The lowest BCUT2D eigenvalue weighted by molar-refractivity contribution is -0.148. The monoisotopic (exact) mass is 232 g/mol. The highest BCUT2D eigenvalue weighted by atomic mass is 32.2. The van der Waals surface area contributed by atoms with Crippen LogP contribution >= 0.6 is 11.8 Å². The molecule has 1 unspecified atom stereocenters. The second-order valence-corrected chi connectivity index (χ2v) is 3.67. The Labute approximate surface area is 90.8 Å². The fourth-order valence-electron chi connectivity index (χ4n) is 0.886. The highest BCUT2D eigenvalue weighted by molar-refractivity contribution is 7.99. The average Bonchev–Trinajstić information content (AvgIpc) is 2.58. The first-order chi connectivity index (χ1) is 7.15. The van der Waals surface area contributed by atoms with Crippen LogP contribution in [0.15, 0.2) is 5.16 Å². The number of carboxylic acid groups (broad SMARTS) is 1. The summed E-state index contributed by atoms with van der Waals surface area (Å²) in [4.78, 5) is 10.7. The number of thioether (sulfide) groups is 1. The molecule has 15 heavy (non-hydrogen) atoms. The molecular formula is C7H12N4O3S. The first-order valence-electron chi connectivity index (χ1n) is 4.34. The van der Waals surface area contributed by atoms with Gasteiger partial charge in [-0.3, -0.25) is 0 Å². The van der Waals surface area contributed by atoms with Crippen molar-refractivity contribution >= 4 is 17.7 Å². The summed E-state index contributed by atoms with van der Waals surface area (Å²) in [5.41, 5.74) is 0. The van der Waals surface area contributed by atoms with Gasteiger partial charge in [0.05, 0.1) is 0 Å². The zero-order chi connectivity index (χ0) is 11.3. The molecule has 1 N–H and O–H groups in total. The number of carboxylic acids is 1. The van der Waals surface area contributed by atoms with Crippen LogP contribution in [-0.2, 0) is 16.6 Å². The van der Waals surface area contributed by atoms with E-state index in [1.165, 1.54) is 16.4 Å². The van der Waals surface area contributed by atoms with Gasteiger partial charge in [0.2, 0.25) is 5.16 Å². The molecule has 0 spiro atoms. The fourth-order valence-corrected chi connectivity index (χ4v) is 1.74. The van der Waals surface area contributed by atoms with Gasteiger partial charge in [0.15, 0.2) is 6.10 Å². The molecular weight excluding hydrogens is 220 g/mol. The van der Waals surface area contributed by atoms with Crippen LogP contribution in [0.3, 0.4) is 0 Å². The minimum atomic E-state index is -0.973. The molecule has 0 saturated carbocycles. The van der Waals surface area contributed by atoms with E-state index in [9.17, 15) is 4.79 Å². The van der Waals surface area contributed by atoms with E-state index in [0.717, 1.165) is 0 Å². The van der Waals surface area contributed by atoms with E-state index in [2.05, 4.69) is 15.5 Å². The Morgan fingerprint density at radius 2 is 2.47 bits per heavy atom. The number of carbonyl (C=O) groups is 1. The summed E-state index contributed by atoms with van der Waals surface area (Å²) >= 11 is 1.25. The van der Waals surface area contributed by atoms with Gasteiger partial charge in [-0.1, -0.05) is 11.8 Å². The van der Waals surface area contributed by atoms with Gasteiger partial charge in [0.25, 0.3) is 0 Å². The normalized spacial score (nSPS) is 12.7. The Morgan fingerprint density at radius 3 is 2.93 bits per heavy atom. The van der Waals surface area contributed by atoms with Crippen molar-refractivity contribution in [3.8, 4) is 0 Å². The molecule has 0 saturated heterocycles. The van der Waals surface area contributed by atoms with Crippen LogP contribution in [0, 0.1) is 0 Å². The lowest BCUT2D eigenvalue weighted by Crippen LogP contribution is -2.26. The predicted octanol–water partition coefficient (Wildman–Crippen LogP) is -0.208. The summed E-state index contributed by atoms with van der Waals surface area (Å²) in [7, 11) is 1.69. The van der Waals surface area contributed by atoms with Crippen molar-refractivity contribution in [2.45, 2.75) is 18.2 Å². The summed E-state index contributed by atoms with van der Waals surface area (Å²) in [5.74, 6) is -0.684. The number of nitrogens with zero attached hydrogens (tertiary/aromatic N) is 4. The topological polar surface area (TPSA) is 90.1 Å². The molecule has 0 amide bonds. The summed E-state index contributed by atoms with van der Waals surface area (Å²) in [6.07, 6.45) is -0.823. The molecule has 0 aromatic carbocycles. The summed E-state index contributed by atoms with van der Waals surface area (Å²) in [5, 5.41) is 20.2. The van der Waals surface area contributed by atoms with Crippen LogP contribution in [0.25, 0.3) is 0 Å². The number of hydrogen-bond acceptors (Lipinski definition) is 6. The molecule has 0 radical (unpaired) electrons. The smallest absolute Gasteiger partial charge is 0.333 e. The van der Waals surface area contributed by atoms with Gasteiger partial charge in [-0.2, -0.15) is 0 Å². The summed E-state index contributed by atoms with van der Waals surface area (Å²) in [6.45, 7) is 2.12. The molecule has 1 atom stereocenters. The van der Waals surface area contributed by atoms with E-state index < -0.39 is 12.1 Å². The van der Waals surface area contributed by atoms with Gasteiger partial charge < -0.3 is 9.84 Å². The molecule has 84 valence electrons. The molecule has 7 nitrogen and oxygen atoms in total. The van der Waals surface area contributed by atoms with E-state index in [-0.39, 0.29) is 5.75 Å². The lowest BCUT2D eigenvalue weighted by Gasteiger charge is -2.10. The predicted molar refractivity (Wildman–Crippen MR) is 52.6 cm³/mol. The van der Waals surface area contributed by atoms with Gasteiger partial charge in [-0.15, -0.1) is 5.10 Å². The van der Waals surface area contributed by atoms with Crippen molar-refractivity contribution in [3.63, 3.8) is 0 Å². The van der Waals surface area contributed by atoms with Gasteiger partial charge >= 0.3 is 5.97 Å². The molecule has 0 aliphatic carbocycles. The van der Waals surface area contributed by atoms with Gasteiger partial charge in [0.1, 0.15) is 0 Å². The van der Waals surface area contributed by atoms with Crippen molar-refractivity contribution in [3.05, 3.63) is 0 Å². The minimum absolute atomic E-state index is 0.289. The zero-order valence-corrected chi connectivity index (χ0v) is 9.27. The molecule has 1 heterocycles. The van der Waals surface area contributed by atoms with Crippen LogP contribution < -0.4 is 0 Å². The summed E-state index contributed by atoms with van der Waals surface area (Å²) in [6, 6.07) is 0. The van der Waals surface area contributed by atoms with Crippen molar-refractivity contribution in [1.82, 2.24) is 20.2 Å². The first-order valence-corrected chi connectivity index (χ1v) is 5.33. The maximum atomic E-state index is 10.7. The third kappa shape index (κ3) is 3.48. The van der Waals surface area contributed by atoms with Gasteiger partial charge in [-0.05, 0) is 17.4 Å². The van der Waals surface area contributed by atoms with Crippen LogP contribution in [0.2, 0.25) is 0 Å². The molecule has 0 aliphatic rings. The van der Waals surface area contributed by atoms with E-state index in [1.54, 1.807) is 14.0 Å². The van der Waals surface area contributed by atoms with Crippen LogP contribution in [-0.4, -0.2) is 49.7 Å². The number of tetrazole rings is 1. The Morgan fingerprint density at radius 1 is 1.73 bits per heavy atom. The molecule has 0 aliphatic heterocycles. The second kappa shape index (κ2) is 5.66. The zero-order valence-electron chi connectivity index (χ0n) is 8.45. The molecule has 0 bridgehead atoms. The fraction of sp³-hybridized carbons (Fsp3) is 0.714. The SMILES string of the molecule is CCOC(CSc1nnnn1C)C(=O)O. The maximum Gasteiger partial charge on any atom is 0.333 e. The number of aryl methyl sites for hydroxylation is 1. The number of aromatic nitrogens is 4. The van der Waals surface area contributed by atoms with Gasteiger partial charge in [0, 0.05) is 19.4 Å². The average molecular weight is 232 g/mol. The lowest BCUT2D eigenvalue weighted by atomic mass is 10.4. The Hall–Kier alpha value is -1.15. The number of hydrogen-bond donors (Lipinski definition) is 1. The van der Waals surface area contributed by atoms with Crippen LogP contribution in [0.5, 0.6) is 0 Å². The van der Waals surface area contributed by atoms with E-state index in [1.807, 2.05) is 0 Å². The minimum Gasteiger partial charge on any atom is -0.479 e. The number of aliphatic carboxylic acids is 1. The number of ether oxygens (including phenoxy) is 1. The van der Waals surface area contributed by atoms with Gasteiger partial charge in [-0.25, -0.2) is 9.48 Å². The van der Waals surface area contributed by atoms with Crippen molar-refractivity contribution in [1.29, 1.82) is 0 Å². The van der Waals surface area contributed by atoms with Crippen molar-refractivity contribution in [2.75, 3.05) is 12.4 Å². The molecule has 8 heteroatoms. The molecule has 1 aromatic rings. The Balaban J connectivity index is 2.47. The highest BCUT2D eigenvalue weighted by Crippen LogP contribution is 2.15. The summed E-state index contributed by atoms with van der Waals surface area (Å²) < 4.78 is 6.53. The van der Waals surface area contributed by atoms with Crippen LogP contribution in [0.4, 0.5) is 0 Å². The third-order valence-corrected chi connectivity index (χ3v) is 2.66. The Kier molecular flexibility index (Phi) is 4.50. The van der Waals surface area contributed by atoms with Crippen molar-refractivity contribution in [2.24, 2.45) is 7.05 Å². The van der Waals surface area contributed by atoms with E-state index >= 15 is 0 Å². The van der Waals surface area contributed by atoms with E-state index in [0.29, 0.717) is 11.8 Å². The second-order valence-electron chi connectivity index (χ2n) is 2.68. The maximum absolute atomic E-state index is 10.7. The quantitative estimate of drug-likeness (QED) is 0.679. The van der Waals surface area contributed by atoms with Crippen molar-refractivity contribution < 1.29 is 14.6 Å². The highest BCUT2D eigenvalue weighted by Gasteiger charge is 2.18. The standard InChI is InChI=1S/C7H12N4O3S/c1-3-14-5(6(12)13)4-15-7-8-9-10-11(7)2/h5H,3-4H2,1-2H3,(H,12,13). The van der Waals surface area contributed by atoms with E-state index in [4.69, 9.17) is 9.84 Å². The largest absolute Gasteiger partial charge is 0.479 e. The first kappa shape index (κ1) is 11.9. The molecule has 1 aromatic heterocycles. The Bertz CT molecular complexity index is 330. The third-order valence-electron chi connectivity index (χ3n) is 1.59.